The van der Waals surface area contributed by atoms with E-state index in [9.17, 15) is 14.7 Å². The molecule has 1 aromatic carbocycles. The number of hydrogen-bond donors (Lipinski definition) is 2. The topological polar surface area (TPSA) is 79.3 Å². The molecule has 1 aliphatic rings. The van der Waals surface area contributed by atoms with Gasteiger partial charge in [0.1, 0.15) is 0 Å². The fourth-order valence-electron chi connectivity index (χ4n) is 3.35. The van der Waals surface area contributed by atoms with Crippen molar-refractivity contribution >= 4 is 28.3 Å². The van der Waals surface area contributed by atoms with Crippen LogP contribution in [0.15, 0.2) is 18.2 Å². The lowest BCUT2D eigenvalue weighted by molar-refractivity contribution is -0.136. The summed E-state index contributed by atoms with van der Waals surface area (Å²) in [4.78, 5) is 29.0. The van der Waals surface area contributed by atoms with E-state index in [0.717, 1.165) is 36.8 Å². The van der Waals surface area contributed by atoms with E-state index < -0.39 is 5.97 Å². The highest BCUT2D eigenvalue weighted by molar-refractivity contribution is 7.16. The second-order valence-corrected chi connectivity index (χ2v) is 8.07. The average molecular weight is 372 g/mol. The van der Waals surface area contributed by atoms with Crippen molar-refractivity contribution in [3.05, 3.63) is 34.2 Å². The summed E-state index contributed by atoms with van der Waals surface area (Å²) in [6.45, 7) is 4.06. The molecule has 0 saturated heterocycles. The minimum absolute atomic E-state index is 0.00645. The molecule has 5 nitrogen and oxygen atoms in total. The third kappa shape index (κ3) is 4.30. The quantitative estimate of drug-likeness (QED) is 0.805. The Morgan fingerprint density at radius 3 is 2.58 bits per heavy atom. The van der Waals surface area contributed by atoms with Crippen LogP contribution in [0.4, 0.5) is 5.13 Å². The molecule has 2 aromatic rings. The predicted octanol–water partition coefficient (Wildman–Crippen LogP) is 4.57. The summed E-state index contributed by atoms with van der Waals surface area (Å²) in [7, 11) is 0. The zero-order chi connectivity index (χ0) is 18.7. The first-order valence-electron chi connectivity index (χ1n) is 9.04. The molecule has 0 unspecified atom stereocenters. The first-order valence-corrected chi connectivity index (χ1v) is 9.85. The van der Waals surface area contributed by atoms with Crippen molar-refractivity contribution in [3.8, 4) is 11.3 Å². The van der Waals surface area contributed by atoms with Crippen LogP contribution in [0.2, 0.25) is 0 Å². The normalized spacial score (nSPS) is 15.0. The second-order valence-electron chi connectivity index (χ2n) is 6.98. The number of aromatic nitrogens is 1. The van der Waals surface area contributed by atoms with Crippen molar-refractivity contribution < 1.29 is 14.7 Å². The van der Waals surface area contributed by atoms with Gasteiger partial charge in [0.2, 0.25) is 5.91 Å². The molecule has 1 aliphatic carbocycles. The number of amides is 1. The summed E-state index contributed by atoms with van der Waals surface area (Å²) < 4.78 is 0. The zero-order valence-corrected chi connectivity index (χ0v) is 16.0. The van der Waals surface area contributed by atoms with Gasteiger partial charge in [-0.25, -0.2) is 4.98 Å². The maximum absolute atomic E-state index is 12.5. The number of thiazole rings is 1. The second kappa shape index (κ2) is 7.99. The minimum atomic E-state index is -0.899. The molecule has 1 amide bonds. The Morgan fingerprint density at radius 1 is 1.19 bits per heavy atom. The van der Waals surface area contributed by atoms with Gasteiger partial charge in [-0.15, -0.1) is 11.3 Å². The molecule has 0 atom stereocenters. The molecule has 1 fully saturated rings. The number of aliphatic carboxylic acids is 1. The molecule has 2 N–H and O–H groups in total. The van der Waals surface area contributed by atoms with E-state index in [1.54, 1.807) is 0 Å². The minimum Gasteiger partial charge on any atom is -0.481 e. The molecule has 1 aromatic heterocycles. The largest absolute Gasteiger partial charge is 0.481 e. The van der Waals surface area contributed by atoms with Gasteiger partial charge in [-0.2, -0.15) is 0 Å². The fraction of sp³-hybridized carbons (Fsp3) is 0.450. The number of nitrogens with zero attached hydrogens (tertiary/aromatic N) is 1. The summed E-state index contributed by atoms with van der Waals surface area (Å²) in [5.41, 5.74) is 3.84. The number of rotatable bonds is 5. The van der Waals surface area contributed by atoms with Crippen LogP contribution < -0.4 is 5.32 Å². The highest BCUT2D eigenvalue weighted by atomic mass is 32.1. The summed E-state index contributed by atoms with van der Waals surface area (Å²) in [6.07, 6.45) is 5.12. The molecular weight excluding hydrogens is 348 g/mol. The zero-order valence-electron chi connectivity index (χ0n) is 15.2. The molecule has 0 spiro atoms. The Balaban J connectivity index is 1.87. The Labute approximate surface area is 157 Å². The van der Waals surface area contributed by atoms with Crippen LogP contribution in [0.25, 0.3) is 11.3 Å². The molecule has 6 heteroatoms. The van der Waals surface area contributed by atoms with Gasteiger partial charge in [-0.1, -0.05) is 31.4 Å². The van der Waals surface area contributed by atoms with Crippen molar-refractivity contribution in [3.63, 3.8) is 0 Å². The number of benzene rings is 1. The highest BCUT2D eigenvalue weighted by Gasteiger charge is 2.23. The first-order chi connectivity index (χ1) is 12.4. The highest BCUT2D eigenvalue weighted by Crippen LogP contribution is 2.33. The van der Waals surface area contributed by atoms with E-state index >= 15 is 0 Å². The van der Waals surface area contributed by atoms with Gasteiger partial charge in [0.25, 0.3) is 0 Å². The smallest absolute Gasteiger partial charge is 0.308 e. The van der Waals surface area contributed by atoms with Crippen molar-refractivity contribution in [2.24, 2.45) is 5.92 Å². The standard InChI is InChI=1S/C20H24N2O3S/c1-12-8-9-15(10-13(12)2)18-16(11-17(23)24)26-20(21-18)22-19(25)14-6-4-3-5-7-14/h8-10,14H,3-7,11H2,1-2H3,(H,23,24)(H,21,22,25). The van der Waals surface area contributed by atoms with Gasteiger partial charge < -0.3 is 10.4 Å². The number of aryl methyl sites for hydroxylation is 2. The van der Waals surface area contributed by atoms with E-state index in [2.05, 4.69) is 10.3 Å². The van der Waals surface area contributed by atoms with Crippen LogP contribution in [-0.2, 0) is 16.0 Å². The van der Waals surface area contributed by atoms with Gasteiger partial charge in [0.05, 0.1) is 12.1 Å². The lowest BCUT2D eigenvalue weighted by atomic mass is 9.89. The molecule has 0 radical (unpaired) electrons. The van der Waals surface area contributed by atoms with E-state index in [1.165, 1.54) is 23.3 Å². The number of carbonyl (C=O) groups excluding carboxylic acids is 1. The number of anilines is 1. The Morgan fingerprint density at radius 2 is 1.92 bits per heavy atom. The van der Waals surface area contributed by atoms with Crippen LogP contribution in [0, 0.1) is 19.8 Å². The number of hydrogen-bond acceptors (Lipinski definition) is 4. The van der Waals surface area contributed by atoms with Gasteiger partial charge in [0.15, 0.2) is 5.13 Å². The van der Waals surface area contributed by atoms with Crippen LogP contribution in [0.5, 0.6) is 0 Å². The van der Waals surface area contributed by atoms with Crippen LogP contribution in [0.3, 0.4) is 0 Å². The first kappa shape index (κ1) is 18.6. The lowest BCUT2D eigenvalue weighted by Gasteiger charge is -2.19. The Bertz CT molecular complexity index is 822. The van der Waals surface area contributed by atoms with Gasteiger partial charge >= 0.3 is 5.97 Å². The van der Waals surface area contributed by atoms with E-state index in [1.807, 2.05) is 32.0 Å². The fourth-order valence-corrected chi connectivity index (χ4v) is 4.33. The monoisotopic (exact) mass is 372 g/mol. The van der Waals surface area contributed by atoms with Gasteiger partial charge in [-0.05, 0) is 43.9 Å². The Kier molecular flexibility index (Phi) is 5.71. The third-order valence-corrected chi connectivity index (χ3v) is 5.97. The molecule has 0 bridgehead atoms. The van der Waals surface area contributed by atoms with Crippen LogP contribution in [-0.4, -0.2) is 22.0 Å². The third-order valence-electron chi connectivity index (χ3n) is 5.00. The van der Waals surface area contributed by atoms with Gasteiger partial charge in [0, 0.05) is 16.4 Å². The van der Waals surface area contributed by atoms with Crippen LogP contribution in [0.1, 0.15) is 48.1 Å². The maximum Gasteiger partial charge on any atom is 0.308 e. The number of carboxylic acids is 1. The molecule has 1 saturated carbocycles. The number of nitrogens with one attached hydrogen (secondary N) is 1. The summed E-state index contributed by atoms with van der Waals surface area (Å²) in [5.74, 6) is -0.850. The van der Waals surface area contributed by atoms with Crippen molar-refractivity contribution in [2.75, 3.05) is 5.32 Å². The maximum atomic E-state index is 12.5. The molecule has 26 heavy (non-hydrogen) atoms. The molecule has 3 rings (SSSR count). The van der Waals surface area contributed by atoms with Crippen molar-refractivity contribution in [2.45, 2.75) is 52.4 Å². The summed E-state index contributed by atoms with van der Waals surface area (Å²) in [6, 6.07) is 5.98. The van der Waals surface area contributed by atoms with Crippen molar-refractivity contribution in [1.82, 2.24) is 4.98 Å². The van der Waals surface area contributed by atoms with Gasteiger partial charge in [-0.3, -0.25) is 9.59 Å². The molecular formula is C20H24N2O3S. The van der Waals surface area contributed by atoms with Crippen LogP contribution >= 0.6 is 11.3 Å². The summed E-state index contributed by atoms with van der Waals surface area (Å²) in [5, 5.41) is 12.6. The van der Waals surface area contributed by atoms with E-state index in [4.69, 9.17) is 0 Å². The van der Waals surface area contributed by atoms with Crippen molar-refractivity contribution in [1.29, 1.82) is 0 Å². The van der Waals surface area contributed by atoms with E-state index in [0.29, 0.717) is 15.7 Å². The number of carboxylic acid groups (broad SMARTS) is 1. The molecule has 0 aliphatic heterocycles. The average Bonchev–Trinajstić information content (AvgIpc) is 2.99. The summed E-state index contributed by atoms with van der Waals surface area (Å²) >= 11 is 1.26. The predicted molar refractivity (Wildman–Crippen MR) is 104 cm³/mol. The van der Waals surface area contributed by atoms with E-state index in [-0.39, 0.29) is 18.2 Å². The lowest BCUT2D eigenvalue weighted by Crippen LogP contribution is -2.24. The number of carbonyl (C=O) groups is 2. The molecule has 138 valence electrons. The molecule has 1 heterocycles. The Hall–Kier alpha value is -2.21. The SMILES string of the molecule is Cc1ccc(-c2nc(NC(=O)C3CCCCC3)sc2CC(=O)O)cc1C.